The molecule has 5 heterocycles. The number of hydrogen-bond donors (Lipinski definition) is 0. The molecule has 6 rings (SSSR count). The third kappa shape index (κ3) is 4.63. The average Bonchev–Trinajstić information content (AvgIpc) is 3.69. The summed E-state index contributed by atoms with van der Waals surface area (Å²) < 4.78 is 61.3. The average molecular weight is 504 g/mol. The molecule has 4 aromatic heterocycles. The van der Waals surface area contributed by atoms with Crippen LogP contribution in [-0.2, 0) is 18.3 Å². The fourth-order valence-electron chi connectivity index (χ4n) is 4.62. The van der Waals surface area contributed by atoms with Crippen LogP contribution >= 0.6 is 0 Å². The van der Waals surface area contributed by atoms with E-state index in [4.69, 9.17) is 27.5 Å². The van der Waals surface area contributed by atoms with Crippen LogP contribution in [0.5, 0.6) is 0 Å². The van der Waals surface area contributed by atoms with Crippen LogP contribution in [0.3, 0.4) is 0 Å². The summed E-state index contributed by atoms with van der Waals surface area (Å²) in [6.07, 6.45) is 1.88. The summed E-state index contributed by atoms with van der Waals surface area (Å²) in [5, 5.41) is 9.31. The molecule has 0 N–H and O–H groups in total. The molecule has 9 heteroatoms. The molecule has 0 bridgehead atoms. The lowest BCUT2D eigenvalue weighted by molar-refractivity contribution is 0.122. The van der Waals surface area contributed by atoms with Crippen LogP contribution in [0.15, 0.2) is 59.1 Å². The number of furan rings is 1. The molecule has 1 aliphatic heterocycles. The van der Waals surface area contributed by atoms with Gasteiger partial charge >= 0.3 is 0 Å². The molecule has 37 heavy (non-hydrogen) atoms. The van der Waals surface area contributed by atoms with Gasteiger partial charge in [-0.1, -0.05) is 23.8 Å². The lowest BCUT2D eigenvalue weighted by atomic mass is 10.1. The lowest BCUT2D eigenvalue weighted by Crippen LogP contribution is -2.36. The van der Waals surface area contributed by atoms with Crippen molar-refractivity contribution in [2.45, 2.75) is 13.5 Å². The maximum Gasteiger partial charge on any atom is 0.176 e. The zero-order valence-corrected chi connectivity index (χ0v) is 20.7. The van der Waals surface area contributed by atoms with Crippen LogP contribution in [0.1, 0.15) is 19.5 Å². The second-order valence-corrected chi connectivity index (χ2v) is 9.17. The van der Waals surface area contributed by atoms with Crippen LogP contribution in [-0.4, -0.2) is 69.7 Å². The van der Waals surface area contributed by atoms with E-state index >= 15 is 0 Å². The van der Waals surface area contributed by atoms with E-state index in [1.165, 1.54) is 4.68 Å². The maximum atomic E-state index is 7.70. The first-order valence-corrected chi connectivity index (χ1v) is 12.1. The maximum absolute atomic E-state index is 7.70. The number of morpholine rings is 1. The molecule has 0 unspecified atom stereocenters. The van der Waals surface area contributed by atoms with E-state index in [-0.39, 0.29) is 6.54 Å². The second kappa shape index (κ2) is 9.49. The molecular formula is C28H31N7O2. The molecule has 1 aromatic carbocycles. The predicted octanol–water partition coefficient (Wildman–Crippen LogP) is 4.29. The summed E-state index contributed by atoms with van der Waals surface area (Å²) in [6.45, 7) is -1.41. The third-order valence-electron chi connectivity index (χ3n) is 6.48. The van der Waals surface area contributed by atoms with Gasteiger partial charge < -0.3 is 19.0 Å². The number of aromatic nitrogens is 5. The molecule has 0 radical (unpaired) electrons. The summed E-state index contributed by atoms with van der Waals surface area (Å²) in [5.74, 6) is 1.04. The van der Waals surface area contributed by atoms with Crippen molar-refractivity contribution in [3.05, 3.63) is 66.0 Å². The summed E-state index contributed by atoms with van der Waals surface area (Å²) in [5.41, 5.74) is 5.84. The van der Waals surface area contributed by atoms with Gasteiger partial charge in [0.1, 0.15) is 11.2 Å². The van der Waals surface area contributed by atoms with Gasteiger partial charge in [0.15, 0.2) is 17.2 Å². The van der Waals surface area contributed by atoms with E-state index in [1.54, 1.807) is 23.9 Å². The molecule has 9 nitrogen and oxygen atoms in total. The van der Waals surface area contributed by atoms with Gasteiger partial charge in [-0.05, 0) is 39.1 Å². The van der Waals surface area contributed by atoms with Crippen LogP contribution in [0.2, 0.25) is 0 Å². The quantitative estimate of drug-likeness (QED) is 0.342. The Bertz CT molecular complexity index is 1750. The van der Waals surface area contributed by atoms with Crippen molar-refractivity contribution >= 4 is 16.8 Å². The van der Waals surface area contributed by atoms with E-state index < -0.39 is 14.0 Å². The van der Waals surface area contributed by atoms with Gasteiger partial charge in [0.05, 0.1) is 30.3 Å². The Hall–Kier alpha value is -3.95. The number of nitrogens with zero attached hydrogens (tertiary/aromatic N) is 7. The van der Waals surface area contributed by atoms with Gasteiger partial charge in [0, 0.05) is 58.8 Å². The molecule has 190 valence electrons. The number of aryl methyl sites for hydroxylation is 2. The Morgan fingerprint density at radius 3 is 2.70 bits per heavy atom. The highest BCUT2D eigenvalue weighted by Gasteiger charge is 2.22. The van der Waals surface area contributed by atoms with Crippen molar-refractivity contribution < 1.29 is 17.4 Å². The molecule has 1 saturated heterocycles. The van der Waals surface area contributed by atoms with Gasteiger partial charge in [-0.2, -0.15) is 10.2 Å². The van der Waals surface area contributed by atoms with Crippen LogP contribution in [0, 0.1) is 6.92 Å². The molecule has 0 saturated carbocycles. The van der Waals surface area contributed by atoms with Gasteiger partial charge in [-0.3, -0.25) is 4.68 Å². The highest BCUT2D eigenvalue weighted by Crippen LogP contribution is 2.35. The minimum absolute atomic E-state index is 0.347. The molecule has 0 atom stereocenters. The van der Waals surface area contributed by atoms with Gasteiger partial charge in [-0.25, -0.2) is 9.67 Å². The minimum atomic E-state index is -2.81. The number of rotatable bonds is 6. The van der Waals surface area contributed by atoms with Gasteiger partial charge in [0.2, 0.25) is 0 Å². The second-order valence-electron chi connectivity index (χ2n) is 9.17. The number of ether oxygens (including phenoxy) is 1. The van der Waals surface area contributed by atoms with Crippen molar-refractivity contribution in [2.75, 3.05) is 45.2 Å². The smallest absolute Gasteiger partial charge is 0.176 e. The Labute approximate surface area is 224 Å². The summed E-state index contributed by atoms with van der Waals surface area (Å²) in [6, 6.07) is 15.5. The largest absolute Gasteiger partial charge is 0.450 e. The monoisotopic (exact) mass is 503 g/mol. The Kier molecular flexibility index (Phi) is 4.49. The highest BCUT2D eigenvalue weighted by molar-refractivity contribution is 5.91. The van der Waals surface area contributed by atoms with Crippen LogP contribution < -0.4 is 4.90 Å². The number of pyridine rings is 1. The number of anilines is 1. The molecular weight excluding hydrogens is 466 g/mol. The highest BCUT2D eigenvalue weighted by atomic mass is 16.5. The van der Waals surface area contributed by atoms with Crippen molar-refractivity contribution in [1.29, 1.82) is 0 Å². The zero-order chi connectivity index (χ0) is 30.5. The predicted molar refractivity (Wildman–Crippen MR) is 144 cm³/mol. The van der Waals surface area contributed by atoms with Crippen molar-refractivity contribution in [3.8, 4) is 28.5 Å². The number of hydrogen-bond acceptors (Lipinski definition) is 7. The van der Waals surface area contributed by atoms with E-state index in [2.05, 4.69) is 16.1 Å². The van der Waals surface area contributed by atoms with Gasteiger partial charge in [0.25, 0.3) is 0 Å². The molecule has 1 aliphatic rings. The Balaban J connectivity index is 1.40. The van der Waals surface area contributed by atoms with E-state index in [9.17, 15) is 0 Å². The Morgan fingerprint density at radius 1 is 1.03 bits per heavy atom. The number of benzene rings is 1. The summed E-state index contributed by atoms with van der Waals surface area (Å²) in [7, 11) is 1.64. The van der Waals surface area contributed by atoms with Crippen molar-refractivity contribution in [1.82, 2.24) is 29.4 Å². The third-order valence-corrected chi connectivity index (χ3v) is 6.48. The van der Waals surface area contributed by atoms with Crippen molar-refractivity contribution in [3.63, 3.8) is 0 Å². The summed E-state index contributed by atoms with van der Waals surface area (Å²) >= 11 is 0. The first-order valence-electron chi connectivity index (χ1n) is 15.1. The molecule has 0 amide bonds. The van der Waals surface area contributed by atoms with Crippen LogP contribution in [0.4, 0.5) is 5.69 Å². The standard InChI is InChI=1S/C28H31N7O2/c1-19-6-5-7-20(14-19)22-8-9-35(31-22)27-17-25(34-10-12-36-13-11-34)28-24(29-27)16-26(37-28)23-15-21(18-32(2)3)33(4)30-23/h5-9,14-17H,10-13,18H2,1-4H3/i2D3,3D3. The molecule has 1 fully saturated rings. The zero-order valence-electron chi connectivity index (χ0n) is 26.7. The van der Waals surface area contributed by atoms with E-state index in [1.807, 2.05) is 43.5 Å². The fourth-order valence-corrected chi connectivity index (χ4v) is 4.62. The normalized spacial score (nSPS) is 17.3. The fraction of sp³-hybridized carbons (Fsp3) is 0.321. The lowest BCUT2D eigenvalue weighted by Gasteiger charge is -2.28. The minimum Gasteiger partial charge on any atom is -0.450 e. The Morgan fingerprint density at radius 2 is 1.89 bits per heavy atom. The SMILES string of the molecule is [2H]C([2H])([2H])N(Cc1cc(-c2cc3nc(-n4ccc(-c5cccc(C)c5)n4)cc(N4CCOCC4)c3o2)nn1C)C([2H])([2H])[2H]. The molecule has 0 spiro atoms. The van der Waals surface area contributed by atoms with Crippen molar-refractivity contribution in [2.24, 2.45) is 7.05 Å². The molecule has 0 aliphatic carbocycles. The number of fused-ring (bicyclic) bond motifs is 1. The summed E-state index contributed by atoms with van der Waals surface area (Å²) in [4.78, 5) is 7.55. The van der Waals surface area contributed by atoms with E-state index in [0.29, 0.717) is 65.3 Å². The first kappa shape index (κ1) is 17.5. The first-order chi connectivity index (χ1) is 20.4. The van der Waals surface area contributed by atoms with Gasteiger partial charge in [-0.15, -0.1) is 0 Å². The molecule has 5 aromatic rings. The topological polar surface area (TPSA) is 77.4 Å². The van der Waals surface area contributed by atoms with Crippen LogP contribution in [0.25, 0.3) is 39.6 Å². The van der Waals surface area contributed by atoms with E-state index in [0.717, 1.165) is 22.5 Å².